The van der Waals surface area contributed by atoms with Crippen LogP contribution in [0.2, 0.25) is 0 Å². The fourth-order valence-electron chi connectivity index (χ4n) is 4.61. The van der Waals surface area contributed by atoms with Crippen molar-refractivity contribution in [2.24, 2.45) is 0 Å². The highest BCUT2D eigenvalue weighted by Gasteiger charge is 2.39. The summed E-state index contributed by atoms with van der Waals surface area (Å²) < 4.78 is 0. The second kappa shape index (κ2) is 5.88. The summed E-state index contributed by atoms with van der Waals surface area (Å²) in [4.78, 5) is 0. The van der Waals surface area contributed by atoms with Crippen LogP contribution in [0, 0.1) is 5.92 Å². The zero-order chi connectivity index (χ0) is 17.7. The highest BCUT2D eigenvalue weighted by molar-refractivity contribution is 5.90. The van der Waals surface area contributed by atoms with Crippen LogP contribution in [0.15, 0.2) is 82.5 Å². The van der Waals surface area contributed by atoms with Crippen LogP contribution in [0.3, 0.4) is 0 Å². The maximum absolute atomic E-state index is 2.32. The first-order valence-electron chi connectivity index (χ1n) is 9.10. The second-order valence-corrected chi connectivity index (χ2v) is 7.36. The molecular weight excluding hydrogens is 300 g/mol. The van der Waals surface area contributed by atoms with Crippen LogP contribution in [-0.2, 0) is 0 Å². The molecule has 0 aromatic heterocycles. The molecule has 0 heterocycles. The van der Waals surface area contributed by atoms with Gasteiger partial charge in [-0.2, -0.15) is 0 Å². The topological polar surface area (TPSA) is 0 Å². The van der Waals surface area contributed by atoms with E-state index in [-0.39, 0.29) is 0 Å². The summed E-state index contributed by atoms with van der Waals surface area (Å²) in [6.45, 7) is 11.4. The normalized spacial score (nSPS) is 20.8. The molecule has 0 spiro atoms. The summed E-state index contributed by atoms with van der Waals surface area (Å²) >= 11 is 0. The molecule has 0 fully saturated rings. The van der Waals surface area contributed by atoms with E-state index < -0.39 is 0 Å². The molecule has 0 nitrogen and oxygen atoms in total. The lowest BCUT2D eigenvalue weighted by atomic mass is 9.77. The van der Waals surface area contributed by atoms with E-state index in [0.29, 0.717) is 5.92 Å². The monoisotopic (exact) mass is 325 g/mol. The van der Waals surface area contributed by atoms with Gasteiger partial charge in [0, 0.05) is 11.8 Å². The molecule has 4 rings (SSSR count). The molecule has 0 saturated heterocycles. The summed E-state index contributed by atoms with van der Waals surface area (Å²) in [6.07, 6.45) is 0. The van der Waals surface area contributed by atoms with E-state index >= 15 is 0 Å². The molecule has 0 bridgehead atoms. The lowest BCUT2D eigenvalue weighted by Gasteiger charge is -2.25. The third kappa shape index (κ3) is 2.28. The average Bonchev–Trinajstić information content (AvgIpc) is 3.02. The van der Waals surface area contributed by atoms with Crippen LogP contribution in [0.1, 0.15) is 57.2 Å². The molecule has 1 atom stereocenters. The van der Waals surface area contributed by atoms with Crippen LogP contribution in [0.4, 0.5) is 0 Å². The fourth-order valence-corrected chi connectivity index (χ4v) is 4.61. The number of hydrogen-bond acceptors (Lipinski definition) is 0. The summed E-state index contributed by atoms with van der Waals surface area (Å²) in [7, 11) is 0. The maximum atomic E-state index is 2.32. The predicted octanol–water partition coefficient (Wildman–Crippen LogP) is 6.87. The summed E-state index contributed by atoms with van der Waals surface area (Å²) in [5.74, 6) is 1.89. The van der Waals surface area contributed by atoms with Crippen molar-refractivity contribution in [2.75, 3.05) is 0 Å². The molecule has 125 valence electrons. The van der Waals surface area contributed by atoms with E-state index in [1.807, 2.05) is 0 Å². The zero-order valence-electron chi connectivity index (χ0n) is 15.8. The van der Waals surface area contributed by atoms with Crippen molar-refractivity contribution in [3.8, 4) is 0 Å². The van der Waals surface area contributed by atoms with E-state index in [4.69, 9.17) is 0 Å². The molecule has 0 amide bonds. The van der Waals surface area contributed by atoms with Crippen LogP contribution < -0.4 is 0 Å². The van der Waals surface area contributed by atoms with Gasteiger partial charge in [0.05, 0.1) is 0 Å². The first-order valence-corrected chi connectivity index (χ1v) is 9.10. The quantitative estimate of drug-likeness (QED) is 0.565. The summed E-state index contributed by atoms with van der Waals surface area (Å²) in [5, 5.41) is 0. The van der Waals surface area contributed by atoms with Gasteiger partial charge < -0.3 is 0 Å². The summed E-state index contributed by atoms with van der Waals surface area (Å²) in [5.41, 5.74) is 12.9. The standard InChI is InChI=1S/C25H25/c1-15-16(2)18(4)23(17(15)3)25-19(5)24(20-11-7-6-8-12-20)21-13-9-10-14-22(21)25/h6-14,25H,1-5H3. The van der Waals surface area contributed by atoms with Crippen molar-refractivity contribution in [1.29, 1.82) is 0 Å². The minimum Gasteiger partial charge on any atom is -0.0622 e. The Morgan fingerprint density at radius 1 is 0.600 bits per heavy atom. The van der Waals surface area contributed by atoms with Crippen LogP contribution in [0.5, 0.6) is 0 Å². The van der Waals surface area contributed by atoms with Crippen LogP contribution in [-0.4, -0.2) is 0 Å². The van der Waals surface area contributed by atoms with Gasteiger partial charge in [-0.05, 0) is 68.0 Å². The van der Waals surface area contributed by atoms with Crippen molar-refractivity contribution in [3.63, 3.8) is 0 Å². The lowest BCUT2D eigenvalue weighted by Crippen LogP contribution is -2.11. The Bertz CT molecular complexity index is 911. The first-order chi connectivity index (χ1) is 12.0. The van der Waals surface area contributed by atoms with Crippen molar-refractivity contribution in [2.45, 2.75) is 40.5 Å². The predicted molar refractivity (Wildman–Crippen MR) is 107 cm³/mol. The Morgan fingerprint density at radius 3 is 1.80 bits per heavy atom. The van der Waals surface area contributed by atoms with Gasteiger partial charge in [0.15, 0.2) is 0 Å². The van der Waals surface area contributed by atoms with E-state index in [2.05, 4.69) is 89.2 Å². The molecule has 2 aromatic carbocycles. The Labute approximate surface area is 151 Å². The van der Waals surface area contributed by atoms with E-state index in [1.165, 1.54) is 56.0 Å². The Hall–Kier alpha value is -2.34. The van der Waals surface area contributed by atoms with Gasteiger partial charge in [-0.3, -0.25) is 0 Å². The van der Waals surface area contributed by atoms with Crippen molar-refractivity contribution < 1.29 is 0 Å². The number of benzene rings is 2. The third-order valence-corrected chi connectivity index (χ3v) is 6.22. The highest BCUT2D eigenvalue weighted by atomic mass is 14.4. The van der Waals surface area contributed by atoms with E-state index in [9.17, 15) is 0 Å². The number of fused-ring (bicyclic) bond motifs is 1. The van der Waals surface area contributed by atoms with Gasteiger partial charge in [-0.25, -0.2) is 0 Å². The van der Waals surface area contributed by atoms with Crippen LogP contribution in [0.25, 0.3) is 5.57 Å². The molecular formula is C25H25. The number of allylic oxidation sites excluding steroid dienone is 5. The smallest absolute Gasteiger partial charge is 0.0373 e. The average molecular weight is 325 g/mol. The minimum atomic E-state index is 0.374. The zero-order valence-corrected chi connectivity index (χ0v) is 15.8. The molecule has 0 heteroatoms. The first kappa shape index (κ1) is 16.1. The van der Waals surface area contributed by atoms with Gasteiger partial charge in [-0.15, -0.1) is 0 Å². The van der Waals surface area contributed by atoms with Gasteiger partial charge in [0.2, 0.25) is 0 Å². The summed E-state index contributed by atoms with van der Waals surface area (Å²) in [6, 6.07) is 19.8. The Balaban J connectivity index is 1.94. The molecule has 2 aliphatic carbocycles. The SMILES string of the molecule is CC1=C(C)C(C)=C(C)[C]1C1C(C)=C(c2ccccc2)c2ccccc21. The van der Waals surface area contributed by atoms with Crippen molar-refractivity contribution >= 4 is 5.57 Å². The molecule has 0 aliphatic heterocycles. The number of hydrogen-bond donors (Lipinski definition) is 0. The molecule has 1 radical (unpaired) electrons. The van der Waals surface area contributed by atoms with Crippen molar-refractivity contribution in [1.82, 2.24) is 0 Å². The third-order valence-electron chi connectivity index (χ3n) is 6.22. The van der Waals surface area contributed by atoms with Crippen LogP contribution >= 0.6 is 0 Å². The van der Waals surface area contributed by atoms with Gasteiger partial charge in [0.1, 0.15) is 0 Å². The van der Waals surface area contributed by atoms with E-state index in [0.717, 1.165) is 0 Å². The molecule has 1 unspecified atom stereocenters. The van der Waals surface area contributed by atoms with Gasteiger partial charge in [-0.1, -0.05) is 71.3 Å². The van der Waals surface area contributed by atoms with Gasteiger partial charge >= 0.3 is 0 Å². The van der Waals surface area contributed by atoms with Crippen molar-refractivity contribution in [3.05, 3.63) is 105 Å². The molecule has 0 N–H and O–H groups in total. The fraction of sp³-hybridized carbons (Fsp3) is 0.240. The molecule has 0 saturated carbocycles. The number of rotatable bonds is 2. The lowest BCUT2D eigenvalue weighted by molar-refractivity contribution is 0.851. The Kier molecular flexibility index (Phi) is 3.80. The molecule has 2 aliphatic rings. The Morgan fingerprint density at radius 2 is 1.16 bits per heavy atom. The minimum absolute atomic E-state index is 0.374. The van der Waals surface area contributed by atoms with Gasteiger partial charge in [0.25, 0.3) is 0 Å². The largest absolute Gasteiger partial charge is 0.0622 e. The molecule has 25 heavy (non-hydrogen) atoms. The highest BCUT2D eigenvalue weighted by Crippen LogP contribution is 2.55. The maximum Gasteiger partial charge on any atom is 0.0373 e. The molecule has 2 aromatic rings. The second-order valence-electron chi connectivity index (χ2n) is 7.36. The van der Waals surface area contributed by atoms with E-state index in [1.54, 1.807) is 0 Å².